The Hall–Kier alpha value is -5.80. The second-order valence-corrected chi connectivity index (χ2v) is 23.8. The van der Waals surface area contributed by atoms with Crippen molar-refractivity contribution in [2.75, 3.05) is 9.71 Å². The fourth-order valence-corrected chi connectivity index (χ4v) is 13.8. The number of aryl methyl sites for hydroxylation is 2. The molecular formula is C63H65BN2. The van der Waals surface area contributed by atoms with E-state index in [4.69, 9.17) is 0 Å². The van der Waals surface area contributed by atoms with Gasteiger partial charge in [0, 0.05) is 44.6 Å². The van der Waals surface area contributed by atoms with Crippen molar-refractivity contribution in [3.8, 4) is 44.5 Å². The lowest BCUT2D eigenvalue weighted by Gasteiger charge is -2.55. The van der Waals surface area contributed by atoms with E-state index in [1.165, 1.54) is 137 Å². The molecule has 2 unspecified atom stereocenters. The SMILES string of the molecule is Cc1cccc(C)c1-c1cc2c3c(c1)N(c1ccc(C(C)(C)C)cc1-c1ccccc1)c1ccc4c(c1B3N1c3c-2cc(C(C)(C)C)cc3C2(C)CCCCC12C)-c1ccccc1C4(C)C. The first-order chi connectivity index (χ1) is 31.3. The van der Waals surface area contributed by atoms with Gasteiger partial charge in [-0.3, -0.25) is 0 Å². The van der Waals surface area contributed by atoms with Crippen LogP contribution in [0.4, 0.5) is 22.7 Å². The zero-order valence-electron chi connectivity index (χ0n) is 41.4. The lowest BCUT2D eigenvalue weighted by molar-refractivity contribution is 0.199. The summed E-state index contributed by atoms with van der Waals surface area (Å²) in [6, 6.07) is 50.2. The second-order valence-electron chi connectivity index (χ2n) is 23.8. The molecule has 0 radical (unpaired) electrons. The van der Waals surface area contributed by atoms with Gasteiger partial charge in [0.2, 0.25) is 0 Å². The fraction of sp³-hybridized carbons (Fsp3) is 0.333. The summed E-state index contributed by atoms with van der Waals surface area (Å²) in [5, 5.41) is 0. The van der Waals surface area contributed by atoms with Gasteiger partial charge in [-0.15, -0.1) is 0 Å². The predicted octanol–water partition coefficient (Wildman–Crippen LogP) is 15.5. The third kappa shape index (κ3) is 5.43. The zero-order chi connectivity index (χ0) is 46.0. The molecule has 1 fully saturated rings. The summed E-state index contributed by atoms with van der Waals surface area (Å²) in [7, 11) is 0. The van der Waals surface area contributed by atoms with Crippen LogP contribution in [0, 0.1) is 13.8 Å². The molecule has 0 amide bonds. The van der Waals surface area contributed by atoms with Crippen LogP contribution in [0.2, 0.25) is 0 Å². The van der Waals surface area contributed by atoms with Crippen LogP contribution >= 0.6 is 0 Å². The van der Waals surface area contributed by atoms with Crippen molar-refractivity contribution in [3.05, 3.63) is 166 Å². The van der Waals surface area contributed by atoms with Crippen molar-refractivity contribution in [2.24, 2.45) is 0 Å². The van der Waals surface area contributed by atoms with Crippen LogP contribution < -0.4 is 20.6 Å². The Balaban J connectivity index is 1.30. The highest BCUT2D eigenvalue weighted by Crippen LogP contribution is 2.64. The standard InChI is InChI=1S/C63H65BN2/c1-38-21-20-22-39(2)54(38)41-33-46-47-36-43(60(6,7)8)37-50-58(47)66(63(12)32-19-18-31-62(50,63)11)64-56(46)53(34-41)65(51-29-27-42(59(3,4)5)35-45(51)40-23-14-13-15-24-40)52-30-28-49-55(57(52)64)44-25-16-17-26-48(44)61(49,9)10/h13-17,20-30,33-37H,18-19,31-32H2,1-12H3. The van der Waals surface area contributed by atoms with Gasteiger partial charge >= 0.3 is 6.85 Å². The molecule has 1 saturated carbocycles. The largest absolute Gasteiger partial charge is 0.400 e. The van der Waals surface area contributed by atoms with Crippen molar-refractivity contribution >= 4 is 40.5 Å². The van der Waals surface area contributed by atoms with Crippen molar-refractivity contribution in [1.82, 2.24) is 0 Å². The first-order valence-corrected chi connectivity index (χ1v) is 24.9. The third-order valence-electron chi connectivity index (χ3n) is 17.6. The summed E-state index contributed by atoms with van der Waals surface area (Å²) in [5.74, 6) is 0. The van der Waals surface area contributed by atoms with Crippen LogP contribution in [0.5, 0.6) is 0 Å². The Morgan fingerprint density at radius 2 is 1.15 bits per heavy atom. The van der Waals surface area contributed by atoms with E-state index >= 15 is 0 Å². The molecule has 12 rings (SSSR count). The first kappa shape index (κ1) is 41.6. The van der Waals surface area contributed by atoms with Crippen molar-refractivity contribution in [2.45, 2.75) is 136 Å². The van der Waals surface area contributed by atoms with Crippen molar-refractivity contribution < 1.29 is 0 Å². The number of anilines is 4. The van der Waals surface area contributed by atoms with E-state index in [0.29, 0.717) is 0 Å². The summed E-state index contributed by atoms with van der Waals surface area (Å²) in [6.07, 6.45) is 4.89. The number of benzene rings is 7. The fourth-order valence-electron chi connectivity index (χ4n) is 13.8. The van der Waals surface area contributed by atoms with Crippen molar-refractivity contribution in [1.29, 1.82) is 0 Å². The van der Waals surface area contributed by atoms with Crippen LogP contribution in [0.1, 0.15) is 134 Å². The molecule has 3 heterocycles. The Labute approximate surface area is 395 Å². The van der Waals surface area contributed by atoms with Gasteiger partial charge in [-0.1, -0.05) is 166 Å². The quantitative estimate of drug-likeness (QED) is 0.163. The van der Waals surface area contributed by atoms with Gasteiger partial charge in [0.15, 0.2) is 0 Å². The number of rotatable bonds is 3. The molecule has 7 aromatic carbocycles. The van der Waals surface area contributed by atoms with Crippen LogP contribution in [-0.2, 0) is 21.7 Å². The maximum atomic E-state index is 3.04. The zero-order valence-corrected chi connectivity index (χ0v) is 41.4. The molecule has 0 N–H and O–H groups in total. The normalized spacial score (nSPS) is 20.6. The Kier molecular flexibility index (Phi) is 8.61. The molecule has 2 atom stereocenters. The average molecular weight is 861 g/mol. The predicted molar refractivity (Wildman–Crippen MR) is 284 cm³/mol. The van der Waals surface area contributed by atoms with Gasteiger partial charge in [-0.2, -0.15) is 0 Å². The van der Waals surface area contributed by atoms with Crippen LogP contribution in [-0.4, -0.2) is 12.4 Å². The van der Waals surface area contributed by atoms with E-state index in [2.05, 4.69) is 220 Å². The molecule has 5 aliphatic rings. The molecule has 330 valence electrons. The highest BCUT2D eigenvalue weighted by molar-refractivity contribution is 6.94. The molecule has 3 heteroatoms. The van der Waals surface area contributed by atoms with E-state index in [9.17, 15) is 0 Å². The van der Waals surface area contributed by atoms with Gasteiger partial charge in [-0.25, -0.2) is 0 Å². The highest BCUT2D eigenvalue weighted by atomic mass is 15.2. The van der Waals surface area contributed by atoms with Crippen LogP contribution in [0.15, 0.2) is 127 Å². The van der Waals surface area contributed by atoms with Gasteiger partial charge in [0.05, 0.1) is 5.69 Å². The lowest BCUT2D eigenvalue weighted by atomic mass is 9.41. The summed E-state index contributed by atoms with van der Waals surface area (Å²) in [5.41, 5.74) is 28.6. The summed E-state index contributed by atoms with van der Waals surface area (Å²) >= 11 is 0. The van der Waals surface area contributed by atoms with Gasteiger partial charge in [-0.05, 0) is 164 Å². The summed E-state index contributed by atoms with van der Waals surface area (Å²) in [6.45, 7) is 29.1. The minimum Gasteiger partial charge on any atom is -0.400 e. The molecule has 0 aromatic heterocycles. The number of fused-ring (bicyclic) bond motifs is 11. The minimum atomic E-state index is -0.141. The van der Waals surface area contributed by atoms with E-state index in [-0.39, 0.29) is 34.0 Å². The first-order valence-electron chi connectivity index (χ1n) is 24.9. The molecular weight excluding hydrogens is 796 g/mol. The van der Waals surface area contributed by atoms with Gasteiger partial charge < -0.3 is 9.71 Å². The summed E-state index contributed by atoms with van der Waals surface area (Å²) < 4.78 is 0. The molecule has 0 spiro atoms. The number of hydrogen-bond acceptors (Lipinski definition) is 2. The highest BCUT2D eigenvalue weighted by Gasteiger charge is 2.64. The lowest BCUT2D eigenvalue weighted by Crippen LogP contribution is -2.71. The topological polar surface area (TPSA) is 6.48 Å². The average Bonchev–Trinajstić information content (AvgIpc) is 3.64. The molecule has 7 aromatic rings. The molecule has 2 aliphatic carbocycles. The Bertz CT molecular complexity index is 3190. The maximum Gasteiger partial charge on any atom is 0.329 e. The molecule has 0 saturated heterocycles. The molecule has 2 nitrogen and oxygen atoms in total. The van der Waals surface area contributed by atoms with Gasteiger partial charge in [0.25, 0.3) is 0 Å². The molecule has 3 aliphatic heterocycles. The Morgan fingerprint density at radius 1 is 0.485 bits per heavy atom. The maximum absolute atomic E-state index is 3.04. The van der Waals surface area contributed by atoms with Crippen molar-refractivity contribution in [3.63, 3.8) is 0 Å². The monoisotopic (exact) mass is 861 g/mol. The van der Waals surface area contributed by atoms with Crippen LogP contribution in [0.3, 0.4) is 0 Å². The van der Waals surface area contributed by atoms with E-state index < -0.39 is 0 Å². The molecule has 0 bridgehead atoms. The number of hydrogen-bond donors (Lipinski definition) is 0. The van der Waals surface area contributed by atoms with E-state index in [0.717, 1.165) is 0 Å². The minimum absolute atomic E-state index is 0.00999. The van der Waals surface area contributed by atoms with E-state index in [1.807, 2.05) is 0 Å². The molecule has 66 heavy (non-hydrogen) atoms. The smallest absolute Gasteiger partial charge is 0.329 e. The van der Waals surface area contributed by atoms with E-state index in [1.54, 1.807) is 5.56 Å². The number of nitrogens with zero attached hydrogens (tertiary/aromatic N) is 2. The van der Waals surface area contributed by atoms with Crippen LogP contribution in [0.25, 0.3) is 44.5 Å². The second kappa shape index (κ2) is 13.7. The Morgan fingerprint density at radius 3 is 1.88 bits per heavy atom. The third-order valence-corrected chi connectivity index (χ3v) is 17.6. The summed E-state index contributed by atoms with van der Waals surface area (Å²) in [4.78, 5) is 5.77. The van der Waals surface area contributed by atoms with Gasteiger partial charge in [0.1, 0.15) is 0 Å².